The van der Waals surface area contributed by atoms with Crippen molar-refractivity contribution < 1.29 is 20.1 Å². The lowest BCUT2D eigenvalue weighted by Crippen LogP contribution is -2.67. The highest BCUT2D eigenvalue weighted by molar-refractivity contribution is 5.28. The molecule has 0 unspecified atom stereocenters. The van der Waals surface area contributed by atoms with Gasteiger partial charge >= 0.3 is 0 Å². The summed E-state index contributed by atoms with van der Waals surface area (Å²) in [4.78, 5) is 0. The summed E-state index contributed by atoms with van der Waals surface area (Å²) in [6.07, 6.45) is 6.23. The third-order valence-electron chi connectivity index (χ3n) is 11.7. The van der Waals surface area contributed by atoms with Gasteiger partial charge in [-0.05, 0) is 85.9 Å². The molecule has 0 aromatic heterocycles. The molecule has 5 fully saturated rings. The Hall–Kier alpha value is -0.420. The van der Waals surface area contributed by atoms with Crippen LogP contribution in [0.1, 0.15) is 86.0 Å². The van der Waals surface area contributed by atoms with Crippen LogP contribution in [-0.2, 0) is 4.74 Å². The summed E-state index contributed by atoms with van der Waals surface area (Å²) in [6, 6.07) is 0. The minimum atomic E-state index is -0.557. The van der Waals surface area contributed by atoms with Crippen LogP contribution in [0.3, 0.4) is 0 Å². The lowest BCUT2D eigenvalue weighted by atomic mass is 9.43. The number of allylic oxidation sites excluding steroid dienone is 1. The van der Waals surface area contributed by atoms with Crippen LogP contribution in [0.5, 0.6) is 0 Å². The van der Waals surface area contributed by atoms with Gasteiger partial charge in [-0.3, -0.25) is 0 Å². The van der Waals surface area contributed by atoms with Gasteiger partial charge in [-0.1, -0.05) is 46.8 Å². The summed E-state index contributed by atoms with van der Waals surface area (Å²) in [5, 5.41) is 33.2. The molecule has 182 valence electrons. The van der Waals surface area contributed by atoms with Gasteiger partial charge in [-0.15, -0.1) is 0 Å². The number of aliphatic hydroxyl groups excluding tert-OH is 3. The number of hydrogen-bond acceptors (Lipinski definition) is 4. The Morgan fingerprint density at radius 1 is 1.06 bits per heavy atom. The average molecular weight is 447 g/mol. The van der Waals surface area contributed by atoms with Crippen LogP contribution in [0.4, 0.5) is 0 Å². The Morgan fingerprint density at radius 2 is 1.78 bits per heavy atom. The molecule has 4 saturated carbocycles. The monoisotopic (exact) mass is 446 g/mol. The van der Waals surface area contributed by atoms with Crippen LogP contribution in [0, 0.1) is 46.3 Å². The summed E-state index contributed by atoms with van der Waals surface area (Å²) in [6.45, 7) is 15.9. The Morgan fingerprint density at radius 3 is 2.47 bits per heavy atom. The molecule has 0 radical (unpaired) electrons. The van der Waals surface area contributed by atoms with Crippen LogP contribution in [0.2, 0.25) is 0 Å². The first kappa shape index (κ1) is 23.3. The predicted molar refractivity (Wildman–Crippen MR) is 126 cm³/mol. The third kappa shape index (κ3) is 2.94. The molecule has 4 aliphatic carbocycles. The first-order chi connectivity index (χ1) is 15.0. The molecule has 4 heteroatoms. The van der Waals surface area contributed by atoms with Crippen molar-refractivity contribution >= 4 is 0 Å². The molecule has 0 bridgehead atoms. The van der Waals surface area contributed by atoms with Crippen molar-refractivity contribution in [1.82, 2.24) is 0 Å². The predicted octanol–water partition coefficient (Wildman–Crippen LogP) is 4.71. The standard InChI is InChI=1S/C28H46O4/c1-15(2)16(3)7-8-17(4)19-9-10-20-23-21(11-12-26(19,20)5)27(6)22(30)13-18(29)14-28(27)25(32-28)24(23)31/h15,17-25,29-31H,3,7-14H2,1-2,4-6H3/t17-,18+,19-,20+,21+,22+,23+,24-,25-,26-,27+,28-/m1/s1. The fourth-order valence-electron chi connectivity index (χ4n) is 9.59. The van der Waals surface area contributed by atoms with E-state index in [1.165, 1.54) is 31.3 Å². The molecule has 0 aromatic carbocycles. The van der Waals surface area contributed by atoms with E-state index in [0.717, 1.165) is 12.8 Å². The van der Waals surface area contributed by atoms with Gasteiger partial charge in [0.2, 0.25) is 0 Å². The van der Waals surface area contributed by atoms with Crippen molar-refractivity contribution in [3.63, 3.8) is 0 Å². The van der Waals surface area contributed by atoms with Gasteiger partial charge in [0.25, 0.3) is 0 Å². The molecule has 0 aromatic rings. The number of epoxide rings is 1. The lowest BCUT2D eigenvalue weighted by molar-refractivity contribution is -0.193. The summed E-state index contributed by atoms with van der Waals surface area (Å²) >= 11 is 0. The van der Waals surface area contributed by atoms with E-state index in [2.05, 4.69) is 41.2 Å². The number of rotatable bonds is 5. The van der Waals surface area contributed by atoms with Gasteiger partial charge in [0, 0.05) is 11.8 Å². The zero-order chi connectivity index (χ0) is 23.2. The van der Waals surface area contributed by atoms with E-state index >= 15 is 0 Å². The minimum Gasteiger partial charge on any atom is -0.393 e. The maximum Gasteiger partial charge on any atom is 0.114 e. The molecule has 3 N–H and O–H groups in total. The van der Waals surface area contributed by atoms with Gasteiger partial charge in [0.05, 0.1) is 18.3 Å². The van der Waals surface area contributed by atoms with E-state index in [1.54, 1.807) is 0 Å². The van der Waals surface area contributed by atoms with Crippen molar-refractivity contribution in [1.29, 1.82) is 0 Å². The Balaban J connectivity index is 1.39. The molecule has 1 aliphatic heterocycles. The van der Waals surface area contributed by atoms with E-state index in [1.807, 2.05) is 0 Å². The normalized spacial score (nSPS) is 54.9. The van der Waals surface area contributed by atoms with Crippen molar-refractivity contribution in [2.24, 2.45) is 46.3 Å². The molecule has 5 rings (SSSR count). The Bertz CT molecular complexity index is 765. The summed E-state index contributed by atoms with van der Waals surface area (Å²) in [7, 11) is 0. The van der Waals surface area contributed by atoms with Gasteiger partial charge in [0.1, 0.15) is 11.7 Å². The van der Waals surface area contributed by atoms with Crippen molar-refractivity contribution in [3.05, 3.63) is 12.2 Å². The fraction of sp³-hybridized carbons (Fsp3) is 0.929. The number of fused-ring (bicyclic) bond motifs is 4. The largest absolute Gasteiger partial charge is 0.393 e. The van der Waals surface area contributed by atoms with E-state index in [4.69, 9.17) is 4.74 Å². The van der Waals surface area contributed by atoms with Crippen LogP contribution < -0.4 is 0 Å². The highest BCUT2D eigenvalue weighted by Gasteiger charge is 2.81. The number of ether oxygens (including phenoxy) is 1. The maximum atomic E-state index is 11.6. The van der Waals surface area contributed by atoms with E-state index in [-0.39, 0.29) is 28.8 Å². The minimum absolute atomic E-state index is 0.201. The quantitative estimate of drug-likeness (QED) is 0.422. The molecule has 1 spiro atoms. The van der Waals surface area contributed by atoms with Gasteiger partial charge in [0.15, 0.2) is 0 Å². The van der Waals surface area contributed by atoms with Gasteiger partial charge < -0.3 is 20.1 Å². The first-order valence-corrected chi connectivity index (χ1v) is 13.4. The summed E-state index contributed by atoms with van der Waals surface area (Å²) in [5.41, 5.74) is 0.735. The van der Waals surface area contributed by atoms with Crippen molar-refractivity contribution in [3.8, 4) is 0 Å². The molecule has 4 nitrogen and oxygen atoms in total. The molecule has 1 heterocycles. The highest BCUT2D eigenvalue weighted by Crippen LogP contribution is 2.74. The second kappa shape index (κ2) is 7.54. The molecule has 32 heavy (non-hydrogen) atoms. The molecule has 12 atom stereocenters. The molecule has 0 amide bonds. The number of aliphatic hydroxyl groups is 3. The Kier molecular flexibility index (Phi) is 5.49. The zero-order valence-corrected chi connectivity index (χ0v) is 20.9. The van der Waals surface area contributed by atoms with Crippen LogP contribution >= 0.6 is 0 Å². The van der Waals surface area contributed by atoms with Gasteiger partial charge in [-0.2, -0.15) is 0 Å². The molecule has 5 aliphatic rings. The number of hydrogen-bond donors (Lipinski definition) is 3. The smallest absolute Gasteiger partial charge is 0.114 e. The third-order valence-corrected chi connectivity index (χ3v) is 11.7. The lowest BCUT2D eigenvalue weighted by Gasteiger charge is -2.61. The SMILES string of the molecule is C=C(CC[C@@H](C)[C@H]1CC[C@H]2[C@@H]3[C@@H](O)[C@H]4O[C@]45C[C@@H](O)C[C@H](O)[C@]5(C)[C@H]3CC[C@]12C)C(C)C. The Labute approximate surface area is 194 Å². The van der Waals surface area contributed by atoms with E-state index < -0.39 is 23.9 Å². The highest BCUT2D eigenvalue weighted by atomic mass is 16.6. The second-order valence-corrected chi connectivity index (χ2v) is 13.2. The second-order valence-electron chi connectivity index (χ2n) is 13.2. The summed E-state index contributed by atoms with van der Waals surface area (Å²) < 4.78 is 6.28. The van der Waals surface area contributed by atoms with Crippen molar-refractivity contribution in [2.45, 2.75) is 116 Å². The molecular formula is C28H46O4. The van der Waals surface area contributed by atoms with Crippen LogP contribution in [-0.4, -0.2) is 45.3 Å². The molecular weight excluding hydrogens is 400 g/mol. The van der Waals surface area contributed by atoms with Gasteiger partial charge in [-0.25, -0.2) is 0 Å². The van der Waals surface area contributed by atoms with E-state index in [0.29, 0.717) is 36.5 Å². The summed E-state index contributed by atoms with van der Waals surface area (Å²) in [5.74, 6) is 2.88. The van der Waals surface area contributed by atoms with Crippen LogP contribution in [0.25, 0.3) is 0 Å². The topological polar surface area (TPSA) is 73.2 Å². The zero-order valence-electron chi connectivity index (χ0n) is 20.9. The van der Waals surface area contributed by atoms with E-state index in [9.17, 15) is 15.3 Å². The fourth-order valence-corrected chi connectivity index (χ4v) is 9.59. The van der Waals surface area contributed by atoms with Crippen LogP contribution in [0.15, 0.2) is 12.2 Å². The average Bonchev–Trinajstić information content (AvgIpc) is 3.34. The maximum absolute atomic E-state index is 11.6. The molecule has 1 saturated heterocycles. The van der Waals surface area contributed by atoms with Crippen molar-refractivity contribution in [2.75, 3.05) is 0 Å². The first-order valence-electron chi connectivity index (χ1n) is 13.4.